The van der Waals surface area contributed by atoms with E-state index in [4.69, 9.17) is 0 Å². The molecule has 2 aliphatic heterocycles. The number of pyridine rings is 2. The van der Waals surface area contributed by atoms with Gasteiger partial charge in [0, 0.05) is 126 Å². The fourth-order valence-corrected chi connectivity index (χ4v) is 13.3. The number of nitrogens with zero attached hydrogens (tertiary/aromatic N) is 6. The fraction of sp³-hybridized carbons (Fsp3) is 0.606. The van der Waals surface area contributed by atoms with Crippen molar-refractivity contribution in [2.24, 2.45) is 34.5 Å². The largest absolute Gasteiger partial charge is 0.396 e. The van der Waals surface area contributed by atoms with E-state index in [-0.39, 0.29) is 72.9 Å². The third-order valence-electron chi connectivity index (χ3n) is 18.8. The molecule has 448 valence electrons. The van der Waals surface area contributed by atoms with Crippen LogP contribution in [0, 0.1) is 34.5 Å². The summed E-state index contributed by atoms with van der Waals surface area (Å²) in [5, 5.41) is 43.4. The Morgan fingerprint density at radius 2 is 0.890 bits per heavy atom. The van der Waals surface area contributed by atoms with Crippen molar-refractivity contribution in [2.45, 2.75) is 155 Å². The molecule has 2 saturated carbocycles. The monoisotopic (exact) mass is 1130 g/mol. The van der Waals surface area contributed by atoms with Crippen molar-refractivity contribution < 1.29 is 39.6 Å². The lowest BCUT2D eigenvalue weighted by Gasteiger charge is -2.51. The number of aliphatic hydroxyl groups is 4. The second-order valence-electron chi connectivity index (χ2n) is 26.0. The average molecular weight is 1130 g/mol. The number of hydrogen-bond donors (Lipinski definition) is 4. The van der Waals surface area contributed by atoms with Crippen LogP contribution in [0.5, 0.6) is 0 Å². The number of piperidine rings is 2. The van der Waals surface area contributed by atoms with Crippen LogP contribution in [0.1, 0.15) is 151 Å². The predicted molar refractivity (Wildman–Crippen MR) is 321 cm³/mol. The maximum atomic E-state index is 13.7. The summed E-state index contributed by atoms with van der Waals surface area (Å²) in [5.74, 6) is 0.309. The van der Waals surface area contributed by atoms with Crippen molar-refractivity contribution in [3.8, 4) is 22.3 Å². The van der Waals surface area contributed by atoms with Crippen LogP contribution in [0.25, 0.3) is 22.3 Å². The van der Waals surface area contributed by atoms with Crippen molar-refractivity contribution in [2.75, 3.05) is 67.6 Å². The van der Waals surface area contributed by atoms with Crippen molar-refractivity contribution in [3.05, 3.63) is 117 Å². The van der Waals surface area contributed by atoms with Gasteiger partial charge in [-0.2, -0.15) is 0 Å². The molecule has 4 atom stereocenters. The number of likely N-dealkylation sites (tertiary alicyclic amines) is 2. The smallest absolute Gasteiger partial charge is 0.255 e. The van der Waals surface area contributed by atoms with Crippen molar-refractivity contribution >= 4 is 23.6 Å². The third-order valence-corrected chi connectivity index (χ3v) is 18.8. The number of aromatic nitrogens is 2. The minimum absolute atomic E-state index is 0.0137. The van der Waals surface area contributed by atoms with Crippen LogP contribution in [-0.2, 0) is 22.7 Å². The van der Waals surface area contributed by atoms with Crippen LogP contribution in [0.2, 0.25) is 0 Å². The normalized spacial score (nSPS) is 21.9. The van der Waals surface area contributed by atoms with E-state index in [1.807, 2.05) is 98.2 Å². The van der Waals surface area contributed by atoms with Gasteiger partial charge in [-0.25, -0.2) is 0 Å². The van der Waals surface area contributed by atoms with E-state index in [9.17, 15) is 49.2 Å². The summed E-state index contributed by atoms with van der Waals surface area (Å²) in [7, 11) is 6.70. The Hall–Kier alpha value is -5.94. The summed E-state index contributed by atoms with van der Waals surface area (Å²) in [4.78, 5) is 87.0. The quantitative estimate of drug-likeness (QED) is 0.0749. The molecule has 0 bridgehead atoms. The van der Waals surface area contributed by atoms with E-state index in [1.54, 1.807) is 40.6 Å². The molecule has 4 aromatic rings. The van der Waals surface area contributed by atoms with Crippen LogP contribution in [0.3, 0.4) is 0 Å². The molecule has 4 N–H and O–H groups in total. The Bertz CT molecular complexity index is 2730. The number of aliphatic hydroxyl groups excluding tert-OH is 2. The first-order chi connectivity index (χ1) is 38.9. The molecule has 4 aliphatic rings. The van der Waals surface area contributed by atoms with E-state index < -0.39 is 22.0 Å². The lowest BCUT2D eigenvalue weighted by molar-refractivity contribution is -0.159. The van der Waals surface area contributed by atoms with Gasteiger partial charge in [0.15, 0.2) is 0 Å². The summed E-state index contributed by atoms with van der Waals surface area (Å²) in [6.45, 7) is 9.22. The molecule has 2 aromatic carbocycles. The van der Waals surface area contributed by atoms with Gasteiger partial charge in [0.05, 0.1) is 35.4 Å². The number of carbonyl (C=O) groups is 4. The second-order valence-corrected chi connectivity index (χ2v) is 26.0. The Balaban J connectivity index is 0.000000236. The van der Waals surface area contributed by atoms with Gasteiger partial charge in [0.1, 0.15) is 0 Å². The Morgan fingerprint density at radius 1 is 0.549 bits per heavy atom. The zero-order valence-electron chi connectivity index (χ0n) is 50.3. The topological polar surface area (TPSA) is 206 Å². The van der Waals surface area contributed by atoms with Gasteiger partial charge in [-0.1, -0.05) is 153 Å². The highest BCUT2D eigenvalue weighted by molar-refractivity contribution is 6.01. The van der Waals surface area contributed by atoms with Gasteiger partial charge < -0.3 is 49.2 Å². The summed E-state index contributed by atoms with van der Waals surface area (Å²) in [6.07, 6.45) is 18.3. The molecular weight excluding hydrogens is 1040 g/mol. The SMILES string of the molecule is CN(C)C(=O)c1cn(C[C@@]2(O)CCN(C(=O)[C@H](CCO)CC3CCCCC3)CC2(C)C)c(=O)cc1-c1ccccc1.CN(C)C(=O)c1cn(C[C@]2(O)CCN(C(=O)[C@H](CCO)CC3CCCCC3)CC2(C)C)c(=O)cc1-c1ccccc1. The van der Waals surface area contributed by atoms with Gasteiger partial charge in [0.2, 0.25) is 11.8 Å². The first-order valence-corrected chi connectivity index (χ1v) is 30.2. The number of amides is 4. The highest BCUT2D eigenvalue weighted by Crippen LogP contribution is 2.43. The molecule has 82 heavy (non-hydrogen) atoms. The second kappa shape index (κ2) is 27.6. The summed E-state index contributed by atoms with van der Waals surface area (Å²) >= 11 is 0. The van der Waals surface area contributed by atoms with Crippen LogP contribution in [0.4, 0.5) is 0 Å². The highest BCUT2D eigenvalue weighted by Gasteiger charge is 2.51. The van der Waals surface area contributed by atoms with Crippen molar-refractivity contribution in [1.29, 1.82) is 0 Å². The highest BCUT2D eigenvalue weighted by atomic mass is 16.3. The van der Waals surface area contributed by atoms with E-state index in [1.165, 1.54) is 69.6 Å². The molecule has 2 aliphatic carbocycles. The van der Waals surface area contributed by atoms with Crippen LogP contribution in [-0.4, -0.2) is 152 Å². The lowest BCUT2D eigenvalue weighted by Crippen LogP contribution is -2.61. The molecule has 16 nitrogen and oxygen atoms in total. The fourth-order valence-electron chi connectivity index (χ4n) is 13.3. The number of rotatable bonds is 18. The molecule has 4 heterocycles. The summed E-state index contributed by atoms with van der Waals surface area (Å²) in [6, 6.07) is 21.7. The van der Waals surface area contributed by atoms with Crippen molar-refractivity contribution in [1.82, 2.24) is 28.7 Å². The zero-order chi connectivity index (χ0) is 59.6. The van der Waals surface area contributed by atoms with E-state index in [0.717, 1.165) is 49.7 Å². The molecule has 8 rings (SSSR count). The minimum Gasteiger partial charge on any atom is -0.396 e. The average Bonchev–Trinajstić information content (AvgIpc) is 3.49. The molecule has 4 fully saturated rings. The first-order valence-electron chi connectivity index (χ1n) is 30.2. The standard InChI is InChI=1S/2C33H47N3O5/c2*1-32(2)22-35(30(39)26(15-18-37)19-24-11-7-5-8-12-24)17-16-33(32,41)23-36-21-28(31(40)34(3)4)27(20-29(36)38)25-13-9-6-10-14-25/h2*6,9-10,13-14,20-21,24,26,37,41H,5,7-8,11-12,15-19,22-23H2,1-4H3/t26-,33+;26-,33-/m11/s1. The molecule has 2 aromatic heterocycles. The first kappa shape index (κ1) is 63.6. The molecule has 4 amide bonds. The van der Waals surface area contributed by atoms with E-state index in [0.29, 0.717) is 86.0 Å². The summed E-state index contributed by atoms with van der Waals surface area (Å²) in [5.41, 5.74) is -1.08. The van der Waals surface area contributed by atoms with Gasteiger partial charge in [-0.05, 0) is 61.5 Å². The van der Waals surface area contributed by atoms with E-state index in [2.05, 4.69) is 0 Å². The Morgan fingerprint density at radius 3 is 1.20 bits per heavy atom. The number of benzene rings is 2. The summed E-state index contributed by atoms with van der Waals surface area (Å²) < 4.78 is 2.89. The van der Waals surface area contributed by atoms with E-state index >= 15 is 0 Å². The predicted octanol–water partition coefficient (Wildman–Crippen LogP) is 8.35. The van der Waals surface area contributed by atoms with Gasteiger partial charge in [0.25, 0.3) is 22.9 Å². The van der Waals surface area contributed by atoms with Gasteiger partial charge >= 0.3 is 0 Å². The molecule has 0 radical (unpaired) electrons. The Kier molecular flexibility index (Phi) is 21.4. The maximum Gasteiger partial charge on any atom is 0.255 e. The Labute approximate surface area is 486 Å². The van der Waals surface area contributed by atoms with Crippen LogP contribution in [0.15, 0.2) is 94.8 Å². The number of carbonyl (C=O) groups excluding carboxylic acids is 4. The van der Waals surface area contributed by atoms with Crippen LogP contribution < -0.4 is 11.1 Å². The van der Waals surface area contributed by atoms with Gasteiger partial charge in [-0.15, -0.1) is 0 Å². The lowest BCUT2D eigenvalue weighted by atomic mass is 9.69. The zero-order valence-corrected chi connectivity index (χ0v) is 50.3. The minimum atomic E-state index is -1.27. The molecule has 2 saturated heterocycles. The molecule has 16 heteroatoms. The van der Waals surface area contributed by atoms with Crippen LogP contribution >= 0.6 is 0 Å². The van der Waals surface area contributed by atoms with Crippen molar-refractivity contribution in [3.63, 3.8) is 0 Å². The molecule has 0 unspecified atom stereocenters. The molecule has 0 spiro atoms. The number of hydrogen-bond acceptors (Lipinski definition) is 10. The maximum absolute atomic E-state index is 13.7. The molecular formula is C66H94N6O10. The third kappa shape index (κ3) is 15.1. The van der Waals surface area contributed by atoms with Gasteiger partial charge in [-0.3, -0.25) is 28.8 Å².